The number of aliphatic hydroxyl groups is 1. The number of fused-ring (bicyclic) bond motifs is 2. The van der Waals surface area contributed by atoms with Crippen molar-refractivity contribution in [1.29, 1.82) is 0 Å². The van der Waals surface area contributed by atoms with Crippen LogP contribution in [0.2, 0.25) is 0 Å². The van der Waals surface area contributed by atoms with Crippen molar-refractivity contribution in [3.8, 4) is 0 Å². The van der Waals surface area contributed by atoms with Gasteiger partial charge in [-0.3, -0.25) is 4.90 Å². The molecule has 0 aromatic heterocycles. The van der Waals surface area contributed by atoms with Gasteiger partial charge >= 0.3 is 0 Å². The number of nitrogens with zero attached hydrogens (tertiary/aromatic N) is 1. The summed E-state index contributed by atoms with van der Waals surface area (Å²) >= 11 is 0. The van der Waals surface area contributed by atoms with Crippen LogP contribution in [0.25, 0.3) is 0 Å². The Balaban J connectivity index is 1.95. The lowest BCUT2D eigenvalue weighted by Gasteiger charge is -2.37. The van der Waals surface area contributed by atoms with Gasteiger partial charge in [0.1, 0.15) is 0 Å². The summed E-state index contributed by atoms with van der Waals surface area (Å²) in [5.41, 5.74) is 0.171. The molecule has 0 radical (unpaired) electrons. The van der Waals surface area contributed by atoms with Crippen LogP contribution in [0.1, 0.15) is 46.0 Å². The van der Waals surface area contributed by atoms with Crippen LogP contribution in [0, 0.1) is 11.3 Å². The van der Waals surface area contributed by atoms with E-state index in [2.05, 4.69) is 18.7 Å². The molecule has 2 nitrogen and oxygen atoms in total. The molecule has 2 unspecified atom stereocenters. The van der Waals surface area contributed by atoms with Crippen molar-refractivity contribution >= 4 is 0 Å². The third-order valence-electron chi connectivity index (χ3n) is 4.90. The summed E-state index contributed by atoms with van der Waals surface area (Å²) in [6, 6.07) is 0.846. The normalized spacial score (nSPS) is 31.4. The van der Waals surface area contributed by atoms with Gasteiger partial charge in [-0.25, -0.2) is 0 Å². The molecule has 1 heterocycles. The minimum absolute atomic E-state index is 0.171. The van der Waals surface area contributed by atoms with E-state index < -0.39 is 0 Å². The van der Waals surface area contributed by atoms with Crippen LogP contribution in [0.5, 0.6) is 0 Å². The molecule has 15 heavy (non-hydrogen) atoms. The van der Waals surface area contributed by atoms with Crippen LogP contribution in [0.15, 0.2) is 0 Å². The smallest absolute Gasteiger partial charge is 0.0499 e. The van der Waals surface area contributed by atoms with Crippen molar-refractivity contribution in [3.63, 3.8) is 0 Å². The van der Waals surface area contributed by atoms with Crippen molar-refractivity contribution in [2.24, 2.45) is 11.3 Å². The predicted octanol–water partition coefficient (Wildman–Crippen LogP) is 2.27. The van der Waals surface area contributed by atoms with Gasteiger partial charge in [0.05, 0.1) is 0 Å². The second-order valence-electron chi connectivity index (χ2n) is 5.63. The number of hydrogen-bond donors (Lipinski definition) is 1. The molecular weight excluding hydrogens is 186 g/mol. The standard InChI is InChI=1S/C13H25NO/c1-3-13(4-2,10-15)9-14-8-11-5-6-12(14)7-11/h11-12,15H,3-10H2,1-2H3. The highest BCUT2D eigenvalue weighted by molar-refractivity contribution is 4.94. The highest BCUT2D eigenvalue weighted by Gasteiger charge is 2.40. The van der Waals surface area contributed by atoms with Crippen LogP contribution in [-0.4, -0.2) is 35.7 Å². The second-order valence-corrected chi connectivity index (χ2v) is 5.63. The Morgan fingerprint density at radius 3 is 2.40 bits per heavy atom. The van der Waals surface area contributed by atoms with Crippen LogP contribution in [0.4, 0.5) is 0 Å². The lowest BCUT2D eigenvalue weighted by Crippen LogP contribution is -2.43. The van der Waals surface area contributed by atoms with Crippen LogP contribution >= 0.6 is 0 Å². The SMILES string of the molecule is CCC(CC)(CO)CN1CC2CCC1C2. The average Bonchev–Trinajstić information content (AvgIpc) is 2.88. The summed E-state index contributed by atoms with van der Waals surface area (Å²) in [6.45, 7) is 7.21. The molecule has 2 aliphatic rings. The molecule has 1 aliphatic heterocycles. The first-order chi connectivity index (χ1) is 7.23. The Hall–Kier alpha value is -0.0800. The minimum Gasteiger partial charge on any atom is -0.396 e. The van der Waals surface area contributed by atoms with Gasteiger partial charge in [0, 0.05) is 31.2 Å². The highest BCUT2D eigenvalue weighted by atomic mass is 16.3. The van der Waals surface area contributed by atoms with Crippen molar-refractivity contribution in [2.75, 3.05) is 19.7 Å². The zero-order valence-electron chi connectivity index (χ0n) is 10.2. The van der Waals surface area contributed by atoms with Crippen molar-refractivity contribution in [3.05, 3.63) is 0 Å². The molecule has 0 amide bonds. The molecule has 2 bridgehead atoms. The number of rotatable bonds is 5. The molecule has 2 atom stereocenters. The third kappa shape index (κ3) is 2.07. The van der Waals surface area contributed by atoms with Crippen molar-refractivity contribution < 1.29 is 5.11 Å². The van der Waals surface area contributed by atoms with Crippen LogP contribution < -0.4 is 0 Å². The first-order valence-corrected chi connectivity index (χ1v) is 6.58. The molecule has 1 N–H and O–H groups in total. The van der Waals surface area contributed by atoms with Crippen LogP contribution in [-0.2, 0) is 0 Å². The van der Waals surface area contributed by atoms with E-state index in [1.807, 2.05) is 0 Å². The zero-order valence-corrected chi connectivity index (χ0v) is 10.2. The number of piperidine rings is 1. The first kappa shape index (κ1) is 11.4. The molecule has 0 aromatic carbocycles. The Labute approximate surface area is 93.7 Å². The molecule has 2 heteroatoms. The van der Waals surface area contributed by atoms with Gasteiger partial charge in [-0.05, 0) is 38.0 Å². The quantitative estimate of drug-likeness (QED) is 0.754. The molecule has 88 valence electrons. The Kier molecular flexibility index (Phi) is 3.36. The molecule has 2 rings (SSSR count). The monoisotopic (exact) mass is 211 g/mol. The summed E-state index contributed by atoms with van der Waals surface area (Å²) in [7, 11) is 0. The number of aliphatic hydroxyl groups excluding tert-OH is 1. The minimum atomic E-state index is 0.171. The van der Waals surface area contributed by atoms with Gasteiger partial charge in [-0.15, -0.1) is 0 Å². The maximum atomic E-state index is 9.58. The van der Waals surface area contributed by atoms with Crippen LogP contribution in [0.3, 0.4) is 0 Å². The van der Waals surface area contributed by atoms with Crippen molar-refractivity contribution in [2.45, 2.75) is 52.0 Å². The summed E-state index contributed by atoms with van der Waals surface area (Å²) in [5.74, 6) is 0.972. The van der Waals surface area contributed by atoms with E-state index in [1.54, 1.807) is 0 Å². The highest BCUT2D eigenvalue weighted by Crippen LogP contribution is 2.40. The maximum absolute atomic E-state index is 9.58. The molecular formula is C13H25NO. The van der Waals surface area contributed by atoms with Gasteiger partial charge < -0.3 is 5.11 Å². The Morgan fingerprint density at radius 2 is 2.00 bits per heavy atom. The van der Waals surface area contributed by atoms with E-state index in [0.29, 0.717) is 6.61 Å². The summed E-state index contributed by atoms with van der Waals surface area (Å²) in [5, 5.41) is 9.58. The fourth-order valence-corrected chi connectivity index (χ4v) is 3.40. The predicted molar refractivity (Wildman–Crippen MR) is 62.8 cm³/mol. The summed E-state index contributed by atoms with van der Waals surface area (Å²) in [4.78, 5) is 2.65. The Bertz CT molecular complexity index is 204. The van der Waals surface area contributed by atoms with E-state index in [-0.39, 0.29) is 5.41 Å². The summed E-state index contributed by atoms with van der Waals surface area (Å²) < 4.78 is 0. The number of likely N-dealkylation sites (tertiary alicyclic amines) is 1. The summed E-state index contributed by atoms with van der Waals surface area (Å²) in [6.07, 6.45) is 6.49. The van der Waals surface area contributed by atoms with Gasteiger partial charge in [-0.2, -0.15) is 0 Å². The topological polar surface area (TPSA) is 23.5 Å². The lowest BCUT2D eigenvalue weighted by molar-refractivity contribution is 0.0528. The first-order valence-electron chi connectivity index (χ1n) is 6.58. The molecule has 0 spiro atoms. The molecule has 1 saturated carbocycles. The molecule has 2 fully saturated rings. The van der Waals surface area contributed by atoms with Gasteiger partial charge in [0.15, 0.2) is 0 Å². The molecule has 1 saturated heterocycles. The molecule has 1 aliphatic carbocycles. The van der Waals surface area contributed by atoms with E-state index in [1.165, 1.54) is 25.8 Å². The lowest BCUT2D eigenvalue weighted by atomic mass is 9.82. The fourth-order valence-electron chi connectivity index (χ4n) is 3.40. The van der Waals surface area contributed by atoms with Crippen molar-refractivity contribution in [1.82, 2.24) is 4.90 Å². The van der Waals surface area contributed by atoms with E-state index in [4.69, 9.17) is 0 Å². The zero-order chi connectivity index (χ0) is 10.9. The van der Waals surface area contributed by atoms with Gasteiger partial charge in [0.2, 0.25) is 0 Å². The Morgan fingerprint density at radius 1 is 1.27 bits per heavy atom. The maximum Gasteiger partial charge on any atom is 0.0499 e. The van der Waals surface area contributed by atoms with Gasteiger partial charge in [-0.1, -0.05) is 13.8 Å². The fraction of sp³-hybridized carbons (Fsp3) is 1.00. The second kappa shape index (κ2) is 4.42. The van der Waals surface area contributed by atoms with E-state index in [9.17, 15) is 5.11 Å². The van der Waals surface area contributed by atoms with E-state index >= 15 is 0 Å². The largest absolute Gasteiger partial charge is 0.396 e. The molecule has 0 aromatic rings. The van der Waals surface area contributed by atoms with Gasteiger partial charge in [0.25, 0.3) is 0 Å². The third-order valence-corrected chi connectivity index (χ3v) is 4.90. The average molecular weight is 211 g/mol. The van der Waals surface area contributed by atoms with E-state index in [0.717, 1.165) is 31.3 Å². The number of hydrogen-bond acceptors (Lipinski definition) is 2.